The van der Waals surface area contributed by atoms with E-state index in [0.29, 0.717) is 0 Å². The number of fused-ring (bicyclic) bond motifs is 11. The number of rotatable bonds is 2. The van der Waals surface area contributed by atoms with Crippen LogP contribution in [-0.4, -0.2) is 4.57 Å². The van der Waals surface area contributed by atoms with Gasteiger partial charge in [-0.15, -0.1) is 0 Å². The molecule has 0 fully saturated rings. The molecule has 0 bridgehead atoms. The van der Waals surface area contributed by atoms with E-state index in [4.69, 9.17) is 0 Å². The Morgan fingerprint density at radius 1 is 0.341 bits per heavy atom. The van der Waals surface area contributed by atoms with Crippen LogP contribution < -0.4 is 0 Å². The van der Waals surface area contributed by atoms with Crippen molar-refractivity contribution >= 4 is 64.9 Å². The van der Waals surface area contributed by atoms with Crippen LogP contribution in [0.15, 0.2) is 152 Å². The fourth-order valence-corrected chi connectivity index (χ4v) is 7.04. The summed E-state index contributed by atoms with van der Waals surface area (Å²) in [5, 5.41) is 12.9. The predicted octanol–water partition coefficient (Wildman–Crippen LogP) is 11.1. The Morgan fingerprint density at radius 3 is 1.80 bits per heavy atom. The molecule has 9 aromatic rings. The first-order valence-electron chi connectivity index (χ1n) is 14.2. The number of hydrogen-bond donors (Lipinski definition) is 0. The smallest absolute Gasteiger partial charge is 0.0626 e. The van der Waals surface area contributed by atoms with Crippen LogP contribution >= 0.6 is 0 Å². The van der Waals surface area contributed by atoms with Gasteiger partial charge in [-0.05, 0) is 55.6 Å². The monoisotopic (exact) mass is 519 g/mol. The average molecular weight is 520 g/mol. The van der Waals surface area contributed by atoms with Gasteiger partial charge in [0.2, 0.25) is 0 Å². The zero-order valence-electron chi connectivity index (χ0n) is 22.4. The minimum absolute atomic E-state index is 1.21. The van der Waals surface area contributed by atoms with Gasteiger partial charge in [-0.1, -0.05) is 140 Å². The molecule has 0 N–H and O–H groups in total. The highest BCUT2D eigenvalue weighted by molar-refractivity contribution is 6.36. The van der Waals surface area contributed by atoms with Crippen LogP contribution in [0.1, 0.15) is 0 Å². The standard InChI is InChI=1S/C40H25N/c1-2-12-26(13-3-1)28-24-25-37(31-17-7-6-16-30(28)31)41-36-21-11-10-20-34(36)39-35-23-22-27-14-4-5-15-29(27)38(35)32-18-8-9-19-33(32)40(39)41/h1-25H. The van der Waals surface area contributed by atoms with Crippen molar-refractivity contribution in [1.82, 2.24) is 4.57 Å². The van der Waals surface area contributed by atoms with Crippen LogP contribution in [0.25, 0.3) is 81.7 Å². The SMILES string of the molecule is c1ccc(-c2ccc(-n3c4ccccc4c4c5ccc6ccccc6c5c5ccccc5c43)c3ccccc23)cc1. The van der Waals surface area contributed by atoms with E-state index >= 15 is 0 Å². The summed E-state index contributed by atoms with van der Waals surface area (Å²) >= 11 is 0. The molecule has 190 valence electrons. The quantitative estimate of drug-likeness (QED) is 0.200. The summed E-state index contributed by atoms with van der Waals surface area (Å²) in [4.78, 5) is 0. The summed E-state index contributed by atoms with van der Waals surface area (Å²) in [5.41, 5.74) is 6.19. The molecule has 9 rings (SSSR count). The van der Waals surface area contributed by atoms with Gasteiger partial charge in [0.15, 0.2) is 0 Å². The van der Waals surface area contributed by atoms with Gasteiger partial charge in [0.25, 0.3) is 0 Å². The highest BCUT2D eigenvalue weighted by Crippen LogP contribution is 2.45. The molecule has 8 aromatic carbocycles. The van der Waals surface area contributed by atoms with Crippen molar-refractivity contribution in [1.29, 1.82) is 0 Å². The first-order chi connectivity index (χ1) is 20.4. The maximum Gasteiger partial charge on any atom is 0.0626 e. The van der Waals surface area contributed by atoms with Gasteiger partial charge in [-0.3, -0.25) is 0 Å². The van der Waals surface area contributed by atoms with Crippen molar-refractivity contribution in [3.8, 4) is 16.8 Å². The van der Waals surface area contributed by atoms with Crippen molar-refractivity contribution in [2.45, 2.75) is 0 Å². The number of aromatic nitrogens is 1. The van der Waals surface area contributed by atoms with E-state index in [0.717, 1.165) is 0 Å². The Kier molecular flexibility index (Phi) is 4.67. The second kappa shape index (κ2) is 8.55. The number of para-hydroxylation sites is 1. The molecule has 1 nitrogen and oxygen atoms in total. The summed E-state index contributed by atoms with van der Waals surface area (Å²) in [7, 11) is 0. The molecule has 0 spiro atoms. The topological polar surface area (TPSA) is 4.93 Å². The lowest BCUT2D eigenvalue weighted by Gasteiger charge is -2.17. The lowest BCUT2D eigenvalue weighted by atomic mass is 9.92. The van der Waals surface area contributed by atoms with E-state index in [2.05, 4.69) is 156 Å². The molecule has 0 saturated heterocycles. The van der Waals surface area contributed by atoms with E-state index < -0.39 is 0 Å². The highest BCUT2D eigenvalue weighted by atomic mass is 15.0. The van der Waals surface area contributed by atoms with E-state index in [-0.39, 0.29) is 0 Å². The van der Waals surface area contributed by atoms with Gasteiger partial charge in [0.1, 0.15) is 0 Å². The van der Waals surface area contributed by atoms with E-state index in [1.165, 1.54) is 81.7 Å². The molecule has 0 saturated carbocycles. The molecule has 0 radical (unpaired) electrons. The molecule has 0 unspecified atom stereocenters. The molecular formula is C40H25N. The Morgan fingerprint density at radius 2 is 0.976 bits per heavy atom. The van der Waals surface area contributed by atoms with Crippen molar-refractivity contribution < 1.29 is 0 Å². The summed E-state index contributed by atoms with van der Waals surface area (Å²) in [5.74, 6) is 0. The third-order valence-corrected chi connectivity index (χ3v) is 8.75. The summed E-state index contributed by atoms with van der Waals surface area (Å²) in [6.45, 7) is 0. The molecule has 1 heteroatoms. The minimum atomic E-state index is 1.21. The second-order valence-corrected chi connectivity index (χ2v) is 10.9. The normalized spacial score (nSPS) is 11.9. The average Bonchev–Trinajstić information content (AvgIpc) is 3.40. The van der Waals surface area contributed by atoms with Gasteiger partial charge in [0, 0.05) is 21.5 Å². The van der Waals surface area contributed by atoms with E-state index in [9.17, 15) is 0 Å². The third-order valence-electron chi connectivity index (χ3n) is 8.75. The largest absolute Gasteiger partial charge is 0.308 e. The summed E-state index contributed by atoms with van der Waals surface area (Å²) in [6, 6.07) is 55.4. The predicted molar refractivity (Wildman–Crippen MR) is 176 cm³/mol. The zero-order valence-corrected chi connectivity index (χ0v) is 22.4. The van der Waals surface area contributed by atoms with Crippen molar-refractivity contribution in [2.75, 3.05) is 0 Å². The molecule has 0 aliphatic rings. The number of hydrogen-bond acceptors (Lipinski definition) is 0. The molecule has 1 aromatic heterocycles. The lowest BCUT2D eigenvalue weighted by molar-refractivity contribution is 1.20. The van der Waals surface area contributed by atoms with Crippen LogP contribution in [-0.2, 0) is 0 Å². The Hall–Kier alpha value is -5.40. The number of nitrogens with zero attached hydrogens (tertiary/aromatic N) is 1. The lowest BCUT2D eigenvalue weighted by Crippen LogP contribution is -1.97. The van der Waals surface area contributed by atoms with Gasteiger partial charge in [-0.2, -0.15) is 0 Å². The zero-order chi connectivity index (χ0) is 26.9. The van der Waals surface area contributed by atoms with Crippen LogP contribution in [0.4, 0.5) is 0 Å². The fraction of sp³-hybridized carbons (Fsp3) is 0. The number of benzene rings is 8. The fourth-order valence-electron chi connectivity index (χ4n) is 7.04. The Bertz CT molecular complexity index is 2460. The second-order valence-electron chi connectivity index (χ2n) is 10.9. The maximum absolute atomic E-state index is 2.51. The molecule has 0 aliphatic carbocycles. The van der Waals surface area contributed by atoms with Gasteiger partial charge in [-0.25, -0.2) is 0 Å². The molecular weight excluding hydrogens is 494 g/mol. The van der Waals surface area contributed by atoms with Crippen molar-refractivity contribution in [2.24, 2.45) is 0 Å². The first-order valence-corrected chi connectivity index (χ1v) is 14.2. The Labute approximate surface area is 237 Å². The molecule has 41 heavy (non-hydrogen) atoms. The molecule has 1 heterocycles. The van der Waals surface area contributed by atoms with Crippen molar-refractivity contribution in [3.63, 3.8) is 0 Å². The van der Waals surface area contributed by atoms with Crippen LogP contribution in [0.5, 0.6) is 0 Å². The Balaban J connectivity index is 1.51. The highest BCUT2D eigenvalue weighted by Gasteiger charge is 2.21. The minimum Gasteiger partial charge on any atom is -0.308 e. The van der Waals surface area contributed by atoms with Crippen LogP contribution in [0, 0.1) is 0 Å². The van der Waals surface area contributed by atoms with Gasteiger partial charge in [0.05, 0.1) is 16.7 Å². The van der Waals surface area contributed by atoms with Crippen LogP contribution in [0.3, 0.4) is 0 Å². The van der Waals surface area contributed by atoms with Crippen molar-refractivity contribution in [3.05, 3.63) is 152 Å². The molecule has 0 atom stereocenters. The van der Waals surface area contributed by atoms with Gasteiger partial charge < -0.3 is 4.57 Å². The molecule has 0 amide bonds. The van der Waals surface area contributed by atoms with E-state index in [1.54, 1.807) is 0 Å². The molecule has 0 aliphatic heterocycles. The van der Waals surface area contributed by atoms with Crippen LogP contribution in [0.2, 0.25) is 0 Å². The maximum atomic E-state index is 2.51. The first kappa shape index (κ1) is 22.4. The summed E-state index contributed by atoms with van der Waals surface area (Å²) < 4.78 is 2.51. The summed E-state index contributed by atoms with van der Waals surface area (Å²) in [6.07, 6.45) is 0. The van der Waals surface area contributed by atoms with E-state index in [1.807, 2.05) is 0 Å². The third kappa shape index (κ3) is 3.12. The van der Waals surface area contributed by atoms with Gasteiger partial charge >= 0.3 is 0 Å².